The van der Waals surface area contributed by atoms with E-state index in [0.717, 1.165) is 37.0 Å². The predicted octanol–water partition coefficient (Wildman–Crippen LogP) is 15.0. The number of hydrogen-bond acceptors (Lipinski definition) is 2. The molecule has 254 valence electrons. The highest BCUT2D eigenvalue weighted by molar-refractivity contribution is 7.26. The Labute approximate surface area is 317 Å². The third-order valence-corrected chi connectivity index (χ3v) is 13.1. The summed E-state index contributed by atoms with van der Waals surface area (Å²) in [6.07, 6.45) is 11.0. The van der Waals surface area contributed by atoms with Gasteiger partial charge in [-0.3, -0.25) is 0 Å². The number of thiophene rings is 1. The Balaban J connectivity index is 1.03. The van der Waals surface area contributed by atoms with Crippen molar-refractivity contribution >= 4 is 92.5 Å². The molecule has 54 heavy (non-hydrogen) atoms. The first-order valence-corrected chi connectivity index (χ1v) is 19.9. The second-order valence-corrected chi connectivity index (χ2v) is 16.1. The van der Waals surface area contributed by atoms with Crippen LogP contribution in [-0.4, -0.2) is 0 Å². The minimum Gasteiger partial charge on any atom is -0.460 e. The molecule has 2 heteroatoms. The molecule has 0 spiro atoms. The van der Waals surface area contributed by atoms with E-state index in [2.05, 4.69) is 158 Å². The Morgan fingerprint density at radius 2 is 1.22 bits per heavy atom. The molecular formula is C52H34OS. The van der Waals surface area contributed by atoms with Crippen molar-refractivity contribution in [3.05, 3.63) is 174 Å². The molecule has 2 heterocycles. The van der Waals surface area contributed by atoms with Crippen molar-refractivity contribution in [3.63, 3.8) is 0 Å². The van der Waals surface area contributed by atoms with Gasteiger partial charge in [-0.25, -0.2) is 0 Å². The van der Waals surface area contributed by atoms with E-state index in [0.29, 0.717) is 0 Å². The molecule has 0 atom stereocenters. The van der Waals surface area contributed by atoms with Crippen LogP contribution in [0.4, 0.5) is 0 Å². The molecule has 8 aromatic carbocycles. The summed E-state index contributed by atoms with van der Waals surface area (Å²) < 4.78 is 9.06. The zero-order valence-electron chi connectivity index (χ0n) is 29.7. The Morgan fingerprint density at radius 1 is 0.500 bits per heavy atom. The van der Waals surface area contributed by atoms with E-state index < -0.39 is 0 Å². The van der Waals surface area contributed by atoms with Gasteiger partial charge in [0.15, 0.2) is 0 Å². The van der Waals surface area contributed by atoms with Gasteiger partial charge in [0.05, 0.1) is 0 Å². The van der Waals surface area contributed by atoms with Gasteiger partial charge in [0.25, 0.3) is 0 Å². The fraction of sp³-hybridized carbons (Fsp3) is 0.0769. The lowest BCUT2D eigenvalue weighted by molar-refractivity contribution is 0.546. The lowest BCUT2D eigenvalue weighted by atomic mass is 9.83. The van der Waals surface area contributed by atoms with Crippen LogP contribution in [0.1, 0.15) is 40.9 Å². The molecule has 2 aromatic heterocycles. The highest BCUT2D eigenvalue weighted by Crippen LogP contribution is 2.47. The summed E-state index contributed by atoms with van der Waals surface area (Å²) >= 11 is 1.89. The highest BCUT2D eigenvalue weighted by atomic mass is 32.1. The molecule has 0 aliphatic heterocycles. The van der Waals surface area contributed by atoms with Crippen LogP contribution in [0.15, 0.2) is 150 Å². The summed E-state index contributed by atoms with van der Waals surface area (Å²) in [5.41, 5.74) is 12.9. The molecule has 12 rings (SSSR count). The number of aryl methyl sites for hydroxylation is 2. The van der Waals surface area contributed by atoms with E-state index >= 15 is 0 Å². The maximum absolute atomic E-state index is 6.43. The van der Waals surface area contributed by atoms with Gasteiger partial charge in [0, 0.05) is 37.5 Å². The van der Waals surface area contributed by atoms with Gasteiger partial charge in [-0.05, 0) is 120 Å². The Morgan fingerprint density at radius 3 is 2.00 bits per heavy atom. The fourth-order valence-corrected chi connectivity index (χ4v) is 10.6. The van der Waals surface area contributed by atoms with Crippen LogP contribution >= 0.6 is 11.3 Å². The van der Waals surface area contributed by atoms with Crippen molar-refractivity contribution < 1.29 is 4.42 Å². The second-order valence-electron chi connectivity index (χ2n) is 15.0. The van der Waals surface area contributed by atoms with E-state index in [-0.39, 0.29) is 0 Å². The molecule has 0 saturated carbocycles. The standard InChI is InChI=1S/C52H34OS/c1-2-10-31(11-3-1)32-18-19-34-27-36(21-20-33(34)26-32)50-39-13-4-6-15-41(39)51(42-16-7-5-14-40(42)50)37-22-24-43-49(29-37)54-48-25-23-35-28-45-38-12-8-9-17-46(38)53-47(45)30-44(35)52(43)48/h1-8,10-16,20-30H,9,17-19H2. The minimum absolute atomic E-state index is 0.974. The van der Waals surface area contributed by atoms with Crippen LogP contribution < -0.4 is 0 Å². The number of furan rings is 1. The van der Waals surface area contributed by atoms with E-state index in [1.54, 1.807) is 0 Å². The van der Waals surface area contributed by atoms with Crippen molar-refractivity contribution in [1.82, 2.24) is 0 Å². The Kier molecular flexibility index (Phi) is 6.52. The van der Waals surface area contributed by atoms with Crippen molar-refractivity contribution in [2.75, 3.05) is 0 Å². The number of rotatable bonds is 3. The van der Waals surface area contributed by atoms with Gasteiger partial charge in [-0.1, -0.05) is 133 Å². The van der Waals surface area contributed by atoms with Crippen LogP contribution in [0.25, 0.3) is 103 Å². The first-order chi connectivity index (χ1) is 26.7. The van der Waals surface area contributed by atoms with Gasteiger partial charge in [0.2, 0.25) is 0 Å². The smallest absolute Gasteiger partial charge is 0.135 e. The maximum Gasteiger partial charge on any atom is 0.135 e. The van der Waals surface area contributed by atoms with Crippen LogP contribution in [0, 0.1) is 0 Å². The Hall–Kier alpha value is -6.22. The van der Waals surface area contributed by atoms with E-state index in [1.807, 2.05) is 11.3 Å². The van der Waals surface area contributed by atoms with Crippen molar-refractivity contribution in [2.24, 2.45) is 0 Å². The average Bonchev–Trinajstić information content (AvgIpc) is 3.79. The van der Waals surface area contributed by atoms with Crippen molar-refractivity contribution in [2.45, 2.75) is 25.7 Å². The van der Waals surface area contributed by atoms with Gasteiger partial charge in [-0.15, -0.1) is 11.3 Å². The summed E-state index contributed by atoms with van der Waals surface area (Å²) in [4.78, 5) is 0. The Bertz CT molecular complexity index is 3200. The highest BCUT2D eigenvalue weighted by Gasteiger charge is 2.21. The van der Waals surface area contributed by atoms with E-state index in [1.165, 1.54) is 108 Å². The fourth-order valence-electron chi connectivity index (χ4n) is 9.48. The van der Waals surface area contributed by atoms with Crippen LogP contribution in [0.3, 0.4) is 0 Å². The number of allylic oxidation sites excluding steroid dienone is 2. The molecule has 2 aliphatic rings. The molecule has 1 nitrogen and oxygen atoms in total. The van der Waals surface area contributed by atoms with Crippen molar-refractivity contribution in [3.8, 4) is 22.3 Å². The van der Waals surface area contributed by atoms with Crippen LogP contribution in [-0.2, 0) is 12.8 Å². The topological polar surface area (TPSA) is 13.1 Å². The van der Waals surface area contributed by atoms with Gasteiger partial charge < -0.3 is 4.42 Å². The lowest BCUT2D eigenvalue weighted by Crippen LogP contribution is -2.00. The predicted molar refractivity (Wildman–Crippen MR) is 232 cm³/mol. The third-order valence-electron chi connectivity index (χ3n) is 12.0. The van der Waals surface area contributed by atoms with E-state index in [4.69, 9.17) is 4.42 Å². The van der Waals surface area contributed by atoms with Crippen LogP contribution in [0.5, 0.6) is 0 Å². The third kappa shape index (κ3) is 4.50. The first-order valence-electron chi connectivity index (χ1n) is 19.1. The number of benzene rings is 8. The molecule has 0 N–H and O–H groups in total. The maximum atomic E-state index is 6.43. The number of hydrogen-bond donors (Lipinski definition) is 0. The molecule has 0 fully saturated rings. The quantitative estimate of drug-likeness (QED) is 0.167. The summed E-state index contributed by atoms with van der Waals surface area (Å²) in [6, 6.07) is 52.4. The molecule has 10 aromatic rings. The molecular weight excluding hydrogens is 673 g/mol. The zero-order chi connectivity index (χ0) is 35.3. The van der Waals surface area contributed by atoms with Gasteiger partial charge in [0.1, 0.15) is 11.3 Å². The lowest BCUT2D eigenvalue weighted by Gasteiger charge is -2.21. The second kappa shape index (κ2) is 11.6. The van der Waals surface area contributed by atoms with Crippen molar-refractivity contribution in [1.29, 1.82) is 0 Å². The monoisotopic (exact) mass is 706 g/mol. The minimum atomic E-state index is 0.974. The van der Waals surface area contributed by atoms with Gasteiger partial charge in [-0.2, -0.15) is 0 Å². The van der Waals surface area contributed by atoms with Gasteiger partial charge >= 0.3 is 0 Å². The normalized spacial score (nSPS) is 14.0. The number of fused-ring (bicyclic) bond motifs is 11. The largest absolute Gasteiger partial charge is 0.460 e. The van der Waals surface area contributed by atoms with Crippen LogP contribution in [0.2, 0.25) is 0 Å². The molecule has 0 saturated heterocycles. The SMILES string of the molecule is C1=Cc2c(oc3cc4c(ccc5sc6cc(-c7c8ccccc8c(-c8ccc9c(c8)CCC(c8ccccc8)=C9)c8ccccc78)ccc6c54)cc23)CC1. The summed E-state index contributed by atoms with van der Waals surface area (Å²) in [5, 5.41) is 11.6. The summed E-state index contributed by atoms with van der Waals surface area (Å²) in [6.45, 7) is 0. The molecule has 0 radical (unpaired) electrons. The molecule has 0 amide bonds. The average molecular weight is 707 g/mol. The summed E-state index contributed by atoms with van der Waals surface area (Å²) in [5.74, 6) is 1.12. The summed E-state index contributed by atoms with van der Waals surface area (Å²) in [7, 11) is 0. The first kappa shape index (κ1) is 30.3. The molecule has 2 aliphatic carbocycles. The molecule has 0 bridgehead atoms. The molecule has 0 unspecified atom stereocenters. The zero-order valence-corrected chi connectivity index (χ0v) is 30.5. The van der Waals surface area contributed by atoms with E-state index in [9.17, 15) is 0 Å².